The molecule has 94 valence electrons. The summed E-state index contributed by atoms with van der Waals surface area (Å²) < 4.78 is 2.15. The maximum atomic E-state index is 6.24. The summed E-state index contributed by atoms with van der Waals surface area (Å²) in [6, 6.07) is 0. The second kappa shape index (κ2) is 4.56. The summed E-state index contributed by atoms with van der Waals surface area (Å²) in [5, 5.41) is 0. The van der Waals surface area contributed by atoms with Crippen LogP contribution in [0.3, 0.4) is 0 Å². The first-order valence-electron chi connectivity index (χ1n) is 6.67. The Labute approximate surface area is 107 Å². The molecule has 3 rings (SSSR count). The quantitative estimate of drug-likeness (QED) is 0.879. The van der Waals surface area contributed by atoms with Crippen molar-refractivity contribution in [3.63, 3.8) is 0 Å². The Morgan fingerprint density at radius 1 is 1.24 bits per heavy atom. The molecule has 0 spiro atoms. The fourth-order valence-electron chi connectivity index (χ4n) is 3.15. The van der Waals surface area contributed by atoms with Crippen molar-refractivity contribution >= 4 is 17.6 Å². The second-order valence-electron chi connectivity index (χ2n) is 5.34. The average Bonchev–Trinajstić information content (AvgIpc) is 3.02. The standard InChI is InChI=1S/C13H21N3S/c1-16-12(14)11(10-6-7-17-8-10)15-13(16)9-4-2-3-5-9/h9-10H,2-8,14H2,1H3. The fourth-order valence-corrected chi connectivity index (χ4v) is 4.38. The van der Waals surface area contributed by atoms with Gasteiger partial charge >= 0.3 is 0 Å². The third-order valence-corrected chi connectivity index (χ3v) is 5.40. The largest absolute Gasteiger partial charge is 0.384 e. The maximum absolute atomic E-state index is 6.24. The topological polar surface area (TPSA) is 43.8 Å². The zero-order chi connectivity index (χ0) is 11.8. The summed E-state index contributed by atoms with van der Waals surface area (Å²) in [7, 11) is 2.08. The van der Waals surface area contributed by atoms with Crippen molar-refractivity contribution in [1.82, 2.24) is 9.55 Å². The molecule has 1 aromatic heterocycles. The lowest BCUT2D eigenvalue weighted by Crippen LogP contribution is -2.05. The van der Waals surface area contributed by atoms with E-state index in [0.717, 1.165) is 5.82 Å². The molecule has 4 heteroatoms. The zero-order valence-corrected chi connectivity index (χ0v) is 11.3. The lowest BCUT2D eigenvalue weighted by atomic mass is 10.1. The van der Waals surface area contributed by atoms with Gasteiger partial charge in [-0.3, -0.25) is 0 Å². The van der Waals surface area contributed by atoms with Crippen LogP contribution in [-0.4, -0.2) is 21.1 Å². The molecule has 1 aromatic rings. The number of thioether (sulfide) groups is 1. The Hall–Kier alpha value is -0.640. The third-order valence-electron chi connectivity index (χ3n) is 4.24. The van der Waals surface area contributed by atoms with Crippen LogP contribution in [0.4, 0.5) is 5.82 Å². The van der Waals surface area contributed by atoms with E-state index >= 15 is 0 Å². The Morgan fingerprint density at radius 3 is 2.65 bits per heavy atom. The number of nitrogens with two attached hydrogens (primary N) is 1. The lowest BCUT2D eigenvalue weighted by molar-refractivity contribution is 0.632. The van der Waals surface area contributed by atoms with Crippen molar-refractivity contribution < 1.29 is 0 Å². The summed E-state index contributed by atoms with van der Waals surface area (Å²) >= 11 is 2.03. The molecule has 1 aliphatic carbocycles. The fraction of sp³-hybridized carbons (Fsp3) is 0.769. The van der Waals surface area contributed by atoms with Crippen LogP contribution in [-0.2, 0) is 7.05 Å². The highest BCUT2D eigenvalue weighted by molar-refractivity contribution is 7.99. The van der Waals surface area contributed by atoms with Gasteiger partial charge in [0.1, 0.15) is 11.6 Å². The van der Waals surface area contributed by atoms with Crippen LogP contribution in [0.25, 0.3) is 0 Å². The molecule has 0 amide bonds. The monoisotopic (exact) mass is 251 g/mol. The maximum Gasteiger partial charge on any atom is 0.126 e. The average molecular weight is 251 g/mol. The minimum atomic E-state index is 0.598. The highest BCUT2D eigenvalue weighted by atomic mass is 32.2. The number of rotatable bonds is 2. The van der Waals surface area contributed by atoms with Gasteiger partial charge in [-0.25, -0.2) is 4.98 Å². The van der Waals surface area contributed by atoms with Crippen LogP contribution in [0, 0.1) is 0 Å². The summed E-state index contributed by atoms with van der Waals surface area (Å²) in [5.74, 6) is 5.88. The van der Waals surface area contributed by atoms with E-state index in [-0.39, 0.29) is 0 Å². The molecule has 2 aliphatic rings. The summed E-state index contributed by atoms with van der Waals surface area (Å²) in [6.45, 7) is 0. The first kappa shape index (κ1) is 11.5. The van der Waals surface area contributed by atoms with Crippen molar-refractivity contribution in [1.29, 1.82) is 0 Å². The van der Waals surface area contributed by atoms with E-state index in [1.54, 1.807) is 0 Å². The van der Waals surface area contributed by atoms with E-state index < -0.39 is 0 Å². The van der Waals surface area contributed by atoms with Gasteiger partial charge in [0.15, 0.2) is 0 Å². The van der Waals surface area contributed by atoms with Crippen LogP contribution >= 0.6 is 11.8 Å². The van der Waals surface area contributed by atoms with E-state index in [0.29, 0.717) is 11.8 Å². The molecule has 3 nitrogen and oxygen atoms in total. The highest BCUT2D eigenvalue weighted by Gasteiger charge is 2.28. The van der Waals surface area contributed by atoms with Crippen LogP contribution in [0.2, 0.25) is 0 Å². The SMILES string of the molecule is Cn1c(C2CCCC2)nc(C2CCSC2)c1N. The van der Waals surface area contributed by atoms with Crippen molar-refractivity contribution in [2.45, 2.75) is 43.9 Å². The molecule has 2 heterocycles. The second-order valence-corrected chi connectivity index (χ2v) is 6.49. The van der Waals surface area contributed by atoms with Gasteiger partial charge in [0.25, 0.3) is 0 Å². The minimum Gasteiger partial charge on any atom is -0.384 e. The molecular weight excluding hydrogens is 230 g/mol. The van der Waals surface area contributed by atoms with Gasteiger partial charge in [-0.2, -0.15) is 11.8 Å². The molecule has 1 saturated carbocycles. The van der Waals surface area contributed by atoms with Crippen molar-refractivity contribution in [2.24, 2.45) is 7.05 Å². The zero-order valence-electron chi connectivity index (χ0n) is 10.5. The van der Waals surface area contributed by atoms with Gasteiger partial charge in [0.2, 0.25) is 0 Å². The molecular formula is C13H21N3S. The lowest BCUT2D eigenvalue weighted by Gasteiger charge is -2.08. The molecule has 2 fully saturated rings. The Morgan fingerprint density at radius 2 is 2.00 bits per heavy atom. The molecule has 0 bridgehead atoms. The van der Waals surface area contributed by atoms with Crippen LogP contribution in [0.5, 0.6) is 0 Å². The number of imidazole rings is 1. The van der Waals surface area contributed by atoms with Crippen molar-refractivity contribution in [3.8, 4) is 0 Å². The van der Waals surface area contributed by atoms with Crippen LogP contribution in [0.1, 0.15) is 55.5 Å². The molecule has 17 heavy (non-hydrogen) atoms. The van der Waals surface area contributed by atoms with Crippen LogP contribution < -0.4 is 5.73 Å². The molecule has 1 unspecified atom stereocenters. The van der Waals surface area contributed by atoms with Crippen molar-refractivity contribution in [2.75, 3.05) is 17.2 Å². The minimum absolute atomic E-state index is 0.598. The normalized spacial score (nSPS) is 25.8. The van der Waals surface area contributed by atoms with Gasteiger partial charge in [0.05, 0.1) is 5.69 Å². The van der Waals surface area contributed by atoms with E-state index in [9.17, 15) is 0 Å². The Balaban J connectivity index is 1.91. The number of hydrogen-bond acceptors (Lipinski definition) is 3. The summed E-state index contributed by atoms with van der Waals surface area (Å²) in [6.07, 6.45) is 6.54. The summed E-state index contributed by atoms with van der Waals surface area (Å²) in [4.78, 5) is 4.90. The number of nitrogens with zero attached hydrogens (tertiary/aromatic N) is 2. The van der Waals surface area contributed by atoms with Gasteiger partial charge in [-0.15, -0.1) is 0 Å². The highest BCUT2D eigenvalue weighted by Crippen LogP contribution is 2.39. The molecule has 0 aromatic carbocycles. The van der Waals surface area contributed by atoms with Gasteiger partial charge in [-0.1, -0.05) is 12.8 Å². The van der Waals surface area contributed by atoms with Gasteiger partial charge < -0.3 is 10.3 Å². The predicted molar refractivity (Wildman–Crippen MR) is 73.5 cm³/mol. The molecule has 2 N–H and O–H groups in total. The van der Waals surface area contributed by atoms with Crippen LogP contribution in [0.15, 0.2) is 0 Å². The number of hydrogen-bond donors (Lipinski definition) is 1. The first-order chi connectivity index (χ1) is 8.27. The van der Waals surface area contributed by atoms with Gasteiger partial charge in [-0.05, 0) is 25.0 Å². The van der Waals surface area contributed by atoms with E-state index in [1.165, 1.54) is 55.1 Å². The van der Waals surface area contributed by atoms with Crippen molar-refractivity contribution in [3.05, 3.63) is 11.5 Å². The molecule has 0 radical (unpaired) electrons. The predicted octanol–water partition coefficient (Wildman–Crippen LogP) is 2.88. The smallest absolute Gasteiger partial charge is 0.126 e. The Kier molecular flexibility index (Phi) is 3.07. The van der Waals surface area contributed by atoms with E-state index in [2.05, 4.69) is 11.6 Å². The number of anilines is 1. The number of nitrogen functional groups attached to an aromatic ring is 1. The molecule has 1 aliphatic heterocycles. The molecule has 1 atom stereocenters. The third kappa shape index (κ3) is 1.96. The first-order valence-corrected chi connectivity index (χ1v) is 7.82. The van der Waals surface area contributed by atoms with E-state index in [1.807, 2.05) is 11.8 Å². The summed E-state index contributed by atoms with van der Waals surface area (Å²) in [5.41, 5.74) is 7.42. The number of aromatic nitrogens is 2. The van der Waals surface area contributed by atoms with E-state index in [4.69, 9.17) is 10.7 Å². The molecule has 1 saturated heterocycles. The Bertz CT molecular complexity index is 365. The van der Waals surface area contributed by atoms with Gasteiger partial charge in [0, 0.05) is 24.6 Å².